The Kier molecular flexibility index (Phi) is 5.52. The van der Waals surface area contributed by atoms with Gasteiger partial charge in [0.15, 0.2) is 0 Å². The fourth-order valence-electron chi connectivity index (χ4n) is 1.44. The van der Waals surface area contributed by atoms with Crippen LogP contribution in [0.25, 0.3) is 0 Å². The molecule has 2 rings (SSSR count). The minimum Gasteiger partial charge on any atom is -0.324 e. The lowest BCUT2D eigenvalue weighted by molar-refractivity contribution is -0.115. The number of rotatable bonds is 4. The van der Waals surface area contributed by atoms with Crippen molar-refractivity contribution in [2.75, 3.05) is 5.32 Å². The Balaban J connectivity index is 2.06. The number of hydrogen-bond donors (Lipinski definition) is 1. The minimum atomic E-state index is -0.235. The summed E-state index contributed by atoms with van der Waals surface area (Å²) in [6, 6.07) is 2.99. The Hall–Kier alpha value is -0.520. The molecule has 0 atom stereocenters. The molecular weight excluding hydrogens is 362 g/mol. The van der Waals surface area contributed by atoms with E-state index in [-0.39, 0.29) is 12.3 Å². The van der Waals surface area contributed by atoms with Gasteiger partial charge in [-0.25, -0.2) is 4.98 Å². The molecule has 20 heavy (non-hydrogen) atoms. The van der Waals surface area contributed by atoms with Gasteiger partial charge in [0.2, 0.25) is 5.91 Å². The molecule has 8 heteroatoms. The second-order valence-electron chi connectivity index (χ2n) is 3.84. The number of thiazole rings is 1. The molecule has 2 aromatic rings. The standard InChI is InChI=1S/C12H8Cl4N2OS/c13-4-6-5-20-12(17-6)3-11(19)18-10-2-8(15)7(14)1-9(10)16/h1-2,5H,3-4H2,(H,18,19). The zero-order valence-electron chi connectivity index (χ0n) is 9.92. The number of carbonyl (C=O) groups excluding carboxylic acids is 1. The van der Waals surface area contributed by atoms with Crippen LogP contribution in [0.1, 0.15) is 10.7 Å². The molecule has 1 heterocycles. The number of carbonyl (C=O) groups is 1. The third kappa shape index (κ3) is 3.99. The highest BCUT2D eigenvalue weighted by Gasteiger charge is 2.11. The van der Waals surface area contributed by atoms with Gasteiger partial charge >= 0.3 is 0 Å². The zero-order chi connectivity index (χ0) is 14.7. The van der Waals surface area contributed by atoms with Crippen molar-refractivity contribution >= 4 is 69.3 Å². The van der Waals surface area contributed by atoms with Crippen LogP contribution in [0.15, 0.2) is 17.5 Å². The molecule has 3 nitrogen and oxygen atoms in total. The van der Waals surface area contributed by atoms with E-state index in [1.54, 1.807) is 0 Å². The number of halogens is 4. The van der Waals surface area contributed by atoms with Gasteiger partial charge in [-0.3, -0.25) is 4.79 Å². The predicted molar refractivity (Wildman–Crippen MR) is 85.5 cm³/mol. The summed E-state index contributed by atoms with van der Waals surface area (Å²) >= 11 is 24.7. The molecule has 0 saturated carbocycles. The Labute approximate surface area is 139 Å². The van der Waals surface area contributed by atoms with Crippen molar-refractivity contribution in [3.05, 3.63) is 43.3 Å². The number of nitrogens with one attached hydrogen (secondary N) is 1. The fraction of sp³-hybridized carbons (Fsp3) is 0.167. The van der Waals surface area contributed by atoms with Crippen LogP contribution in [0, 0.1) is 0 Å². The van der Waals surface area contributed by atoms with E-state index < -0.39 is 0 Å². The lowest BCUT2D eigenvalue weighted by Gasteiger charge is -2.08. The molecule has 0 aliphatic rings. The van der Waals surface area contributed by atoms with E-state index in [9.17, 15) is 4.79 Å². The molecule has 0 unspecified atom stereocenters. The normalized spacial score (nSPS) is 10.6. The summed E-state index contributed by atoms with van der Waals surface area (Å²) in [6.07, 6.45) is 0.151. The number of nitrogens with zero attached hydrogens (tertiary/aromatic N) is 1. The molecule has 0 aliphatic carbocycles. The second-order valence-corrected chi connectivity index (χ2v) is 6.27. The zero-order valence-corrected chi connectivity index (χ0v) is 13.8. The van der Waals surface area contributed by atoms with Crippen molar-refractivity contribution in [3.8, 4) is 0 Å². The lowest BCUT2D eigenvalue weighted by atomic mass is 10.3. The summed E-state index contributed by atoms with van der Waals surface area (Å²) in [5, 5.41) is 6.17. The average Bonchev–Trinajstić information content (AvgIpc) is 2.83. The van der Waals surface area contributed by atoms with Gasteiger partial charge in [0.05, 0.1) is 38.8 Å². The number of alkyl halides is 1. The minimum absolute atomic E-state index is 0.151. The Morgan fingerprint density at radius 3 is 2.55 bits per heavy atom. The molecule has 0 radical (unpaired) electrons. The first-order valence-electron chi connectivity index (χ1n) is 5.43. The maximum atomic E-state index is 11.9. The van der Waals surface area contributed by atoms with Gasteiger partial charge in [-0.05, 0) is 12.1 Å². The summed E-state index contributed by atoms with van der Waals surface area (Å²) in [4.78, 5) is 16.1. The van der Waals surface area contributed by atoms with Crippen molar-refractivity contribution in [1.82, 2.24) is 4.98 Å². The molecule has 1 aromatic heterocycles. The van der Waals surface area contributed by atoms with Crippen LogP contribution in [0.2, 0.25) is 15.1 Å². The Morgan fingerprint density at radius 2 is 1.90 bits per heavy atom. The highest BCUT2D eigenvalue weighted by atomic mass is 35.5. The SMILES string of the molecule is O=C(Cc1nc(CCl)cs1)Nc1cc(Cl)c(Cl)cc1Cl. The van der Waals surface area contributed by atoms with Crippen molar-refractivity contribution in [2.45, 2.75) is 12.3 Å². The van der Waals surface area contributed by atoms with E-state index in [1.807, 2.05) is 5.38 Å². The molecule has 1 aromatic carbocycles. The van der Waals surface area contributed by atoms with Gasteiger partial charge in [-0.2, -0.15) is 0 Å². The molecule has 106 valence electrons. The quantitative estimate of drug-likeness (QED) is 0.607. The molecule has 0 saturated heterocycles. The first kappa shape index (κ1) is 15.9. The summed E-state index contributed by atoms with van der Waals surface area (Å²) in [6.45, 7) is 0. The smallest absolute Gasteiger partial charge is 0.231 e. The van der Waals surface area contributed by atoms with Crippen molar-refractivity contribution in [1.29, 1.82) is 0 Å². The largest absolute Gasteiger partial charge is 0.324 e. The topological polar surface area (TPSA) is 42.0 Å². The van der Waals surface area contributed by atoms with Gasteiger partial charge in [0, 0.05) is 5.38 Å². The summed E-state index contributed by atoms with van der Waals surface area (Å²) in [7, 11) is 0. The highest BCUT2D eigenvalue weighted by molar-refractivity contribution is 7.09. The molecular formula is C12H8Cl4N2OS. The molecule has 0 bridgehead atoms. The van der Waals surface area contributed by atoms with Gasteiger partial charge < -0.3 is 5.32 Å². The monoisotopic (exact) mass is 368 g/mol. The molecule has 0 fully saturated rings. The molecule has 1 amide bonds. The van der Waals surface area contributed by atoms with Crippen molar-refractivity contribution in [3.63, 3.8) is 0 Å². The highest BCUT2D eigenvalue weighted by Crippen LogP contribution is 2.32. The third-order valence-electron chi connectivity index (χ3n) is 2.33. The number of anilines is 1. The lowest BCUT2D eigenvalue weighted by Crippen LogP contribution is -2.14. The van der Waals surface area contributed by atoms with Gasteiger partial charge in [-0.1, -0.05) is 34.8 Å². The first-order valence-corrected chi connectivity index (χ1v) is 7.98. The second kappa shape index (κ2) is 6.96. The summed E-state index contributed by atoms with van der Waals surface area (Å²) in [5.41, 5.74) is 1.17. The van der Waals surface area contributed by atoms with E-state index in [1.165, 1.54) is 23.5 Å². The van der Waals surface area contributed by atoms with Crippen LogP contribution in [0.5, 0.6) is 0 Å². The van der Waals surface area contributed by atoms with Crippen molar-refractivity contribution < 1.29 is 4.79 Å². The molecule has 0 spiro atoms. The fourth-order valence-corrected chi connectivity index (χ4v) is 3.06. The number of benzene rings is 1. The third-order valence-corrected chi connectivity index (χ3v) is 4.54. The van der Waals surface area contributed by atoms with E-state index in [0.29, 0.717) is 31.6 Å². The Morgan fingerprint density at radius 1 is 1.20 bits per heavy atom. The van der Waals surface area contributed by atoms with Crippen LogP contribution in [-0.4, -0.2) is 10.9 Å². The van der Waals surface area contributed by atoms with E-state index in [0.717, 1.165) is 5.69 Å². The number of aromatic nitrogens is 1. The van der Waals surface area contributed by atoms with Crippen LogP contribution in [0.3, 0.4) is 0 Å². The van der Waals surface area contributed by atoms with Crippen LogP contribution in [0.4, 0.5) is 5.69 Å². The maximum Gasteiger partial charge on any atom is 0.231 e. The van der Waals surface area contributed by atoms with Crippen LogP contribution < -0.4 is 5.32 Å². The van der Waals surface area contributed by atoms with Crippen LogP contribution >= 0.6 is 57.7 Å². The van der Waals surface area contributed by atoms with Crippen molar-refractivity contribution in [2.24, 2.45) is 0 Å². The summed E-state index contributed by atoms with van der Waals surface area (Å²) < 4.78 is 0. The van der Waals surface area contributed by atoms with E-state index in [4.69, 9.17) is 46.4 Å². The molecule has 1 N–H and O–H groups in total. The molecule has 0 aliphatic heterocycles. The summed E-state index contributed by atoms with van der Waals surface area (Å²) in [5.74, 6) is 0.0947. The number of hydrogen-bond acceptors (Lipinski definition) is 3. The maximum absolute atomic E-state index is 11.9. The average molecular weight is 370 g/mol. The van der Waals surface area contributed by atoms with Crippen LogP contribution in [-0.2, 0) is 17.1 Å². The predicted octanol–water partition coefficient (Wildman–Crippen LogP) is 5.02. The van der Waals surface area contributed by atoms with E-state index >= 15 is 0 Å². The van der Waals surface area contributed by atoms with E-state index in [2.05, 4.69) is 10.3 Å². The van der Waals surface area contributed by atoms with Gasteiger partial charge in [0.1, 0.15) is 5.01 Å². The van der Waals surface area contributed by atoms with Gasteiger partial charge in [-0.15, -0.1) is 22.9 Å². The Bertz CT molecular complexity index is 644. The first-order chi connectivity index (χ1) is 9.49. The number of amides is 1. The van der Waals surface area contributed by atoms with Gasteiger partial charge in [0.25, 0.3) is 0 Å².